The highest BCUT2D eigenvalue weighted by molar-refractivity contribution is 7.91. The molecule has 1 aliphatic heterocycles. The summed E-state index contributed by atoms with van der Waals surface area (Å²) in [6.45, 7) is 8.80. The topological polar surface area (TPSA) is 70.9 Å². The Hall–Kier alpha value is -0.960. The number of hydrogen-bond donors (Lipinski definition) is 2. The van der Waals surface area contributed by atoms with Gasteiger partial charge in [-0.3, -0.25) is 4.79 Å². The van der Waals surface area contributed by atoms with Gasteiger partial charge in [0.1, 0.15) is 4.21 Å². The Morgan fingerprint density at radius 2 is 2.00 bits per heavy atom. The molecule has 1 aliphatic rings. The van der Waals surface area contributed by atoms with Crippen molar-refractivity contribution in [3.8, 4) is 0 Å². The summed E-state index contributed by atoms with van der Waals surface area (Å²) < 4.78 is 26.8. The van der Waals surface area contributed by atoms with Gasteiger partial charge in [0.2, 0.25) is 0 Å². The maximum absolute atomic E-state index is 12.4. The predicted molar refractivity (Wildman–Crippen MR) is 91.1 cm³/mol. The van der Waals surface area contributed by atoms with E-state index in [1.807, 2.05) is 6.92 Å². The molecule has 1 amide bonds. The Morgan fingerprint density at radius 3 is 2.52 bits per heavy atom. The highest BCUT2D eigenvalue weighted by Crippen LogP contribution is 2.20. The fraction of sp³-hybridized carbons (Fsp3) is 0.667. The van der Waals surface area contributed by atoms with Crippen molar-refractivity contribution in [1.29, 1.82) is 0 Å². The molecule has 1 aromatic rings. The van der Waals surface area contributed by atoms with Crippen LogP contribution in [0.1, 0.15) is 20.8 Å². The minimum absolute atomic E-state index is 0.0377. The summed E-state index contributed by atoms with van der Waals surface area (Å²) in [7, 11) is -3.36. The van der Waals surface area contributed by atoms with Crippen LogP contribution in [0.4, 0.5) is 0 Å². The molecule has 0 aromatic carbocycles. The number of sulfonamides is 1. The molecular formula is C15H26N3O3S2+. The third kappa shape index (κ3) is 4.76. The number of quaternary nitrogens is 1. The lowest BCUT2D eigenvalue weighted by molar-refractivity contribution is -0.895. The van der Waals surface area contributed by atoms with Gasteiger partial charge in [-0.2, -0.15) is 4.31 Å². The zero-order chi connectivity index (χ0) is 17.0. The first-order valence-corrected chi connectivity index (χ1v) is 10.3. The highest BCUT2D eigenvalue weighted by Gasteiger charge is 2.31. The summed E-state index contributed by atoms with van der Waals surface area (Å²) in [5, 5.41) is 4.77. The lowest BCUT2D eigenvalue weighted by Gasteiger charge is -2.31. The van der Waals surface area contributed by atoms with Gasteiger partial charge in [-0.05, 0) is 24.3 Å². The van der Waals surface area contributed by atoms with Gasteiger partial charge < -0.3 is 10.2 Å². The highest BCUT2D eigenvalue weighted by atomic mass is 32.2. The summed E-state index contributed by atoms with van der Waals surface area (Å²) in [5.41, 5.74) is 0. The molecule has 0 bridgehead atoms. The molecule has 23 heavy (non-hydrogen) atoms. The van der Waals surface area contributed by atoms with E-state index in [-0.39, 0.29) is 11.9 Å². The van der Waals surface area contributed by atoms with E-state index in [1.54, 1.807) is 17.5 Å². The first-order valence-electron chi connectivity index (χ1n) is 7.97. The van der Waals surface area contributed by atoms with Crippen LogP contribution >= 0.6 is 11.3 Å². The molecule has 0 aliphatic carbocycles. The normalized spacial score (nSPS) is 19.0. The molecule has 0 unspecified atom stereocenters. The van der Waals surface area contributed by atoms with Gasteiger partial charge in [-0.25, -0.2) is 8.42 Å². The third-order valence-corrected chi connectivity index (χ3v) is 7.59. The zero-order valence-electron chi connectivity index (χ0n) is 13.9. The third-order valence-electron chi connectivity index (χ3n) is 4.32. The van der Waals surface area contributed by atoms with Crippen molar-refractivity contribution in [2.45, 2.75) is 31.0 Å². The van der Waals surface area contributed by atoms with Gasteiger partial charge in [-0.15, -0.1) is 11.3 Å². The number of hydrogen-bond acceptors (Lipinski definition) is 4. The molecule has 1 saturated heterocycles. The largest absolute Gasteiger partial charge is 0.348 e. The quantitative estimate of drug-likeness (QED) is 0.738. The molecule has 1 atom stereocenters. The Balaban J connectivity index is 1.83. The van der Waals surface area contributed by atoms with Crippen molar-refractivity contribution in [2.75, 3.05) is 32.7 Å². The van der Waals surface area contributed by atoms with E-state index in [2.05, 4.69) is 19.2 Å². The second-order valence-corrected chi connectivity index (χ2v) is 9.48. The van der Waals surface area contributed by atoms with Gasteiger partial charge in [0, 0.05) is 6.04 Å². The van der Waals surface area contributed by atoms with Crippen LogP contribution in [0, 0.1) is 5.92 Å². The first kappa shape index (κ1) is 18.4. The molecule has 8 heteroatoms. The smallest absolute Gasteiger partial charge is 0.275 e. The molecule has 1 aromatic heterocycles. The monoisotopic (exact) mass is 360 g/mol. The van der Waals surface area contributed by atoms with Crippen molar-refractivity contribution < 1.29 is 18.1 Å². The maximum atomic E-state index is 12.4. The first-order chi connectivity index (χ1) is 10.8. The second kappa shape index (κ2) is 7.74. The van der Waals surface area contributed by atoms with Crippen LogP contribution in [-0.4, -0.2) is 57.4 Å². The summed E-state index contributed by atoms with van der Waals surface area (Å²) in [4.78, 5) is 13.2. The Bertz CT molecular complexity index is 606. The van der Waals surface area contributed by atoms with E-state index in [1.165, 1.54) is 15.6 Å². The molecular weight excluding hydrogens is 334 g/mol. The van der Waals surface area contributed by atoms with Crippen molar-refractivity contribution in [3.05, 3.63) is 17.5 Å². The van der Waals surface area contributed by atoms with Crippen LogP contribution in [0.15, 0.2) is 21.7 Å². The predicted octanol–water partition coefficient (Wildman–Crippen LogP) is -0.202. The van der Waals surface area contributed by atoms with E-state index in [0.717, 1.165) is 4.90 Å². The Labute approximate surface area is 142 Å². The van der Waals surface area contributed by atoms with Crippen molar-refractivity contribution >= 4 is 27.3 Å². The molecule has 0 saturated carbocycles. The minimum atomic E-state index is -3.36. The molecule has 6 nitrogen and oxygen atoms in total. The van der Waals surface area contributed by atoms with E-state index >= 15 is 0 Å². The van der Waals surface area contributed by atoms with Crippen LogP contribution < -0.4 is 10.2 Å². The van der Waals surface area contributed by atoms with Crippen LogP contribution in [-0.2, 0) is 14.8 Å². The maximum Gasteiger partial charge on any atom is 0.275 e. The van der Waals surface area contributed by atoms with Crippen LogP contribution in [0.3, 0.4) is 0 Å². The summed E-state index contributed by atoms with van der Waals surface area (Å²) in [5.74, 6) is 0.442. The number of nitrogens with zero attached hydrogens (tertiary/aromatic N) is 1. The van der Waals surface area contributed by atoms with E-state index < -0.39 is 10.0 Å². The van der Waals surface area contributed by atoms with E-state index in [9.17, 15) is 13.2 Å². The SMILES string of the molecule is CC(C)[C@H](C)NC(=O)C[NH+]1CCN(S(=O)(=O)c2cccs2)CC1. The molecule has 2 rings (SSSR count). The Morgan fingerprint density at radius 1 is 1.35 bits per heavy atom. The molecule has 0 radical (unpaired) electrons. The molecule has 2 heterocycles. The lowest BCUT2D eigenvalue weighted by atomic mass is 10.1. The van der Waals surface area contributed by atoms with E-state index in [0.29, 0.717) is 42.9 Å². The second-order valence-electron chi connectivity index (χ2n) is 6.36. The standard InChI is InChI=1S/C15H25N3O3S2/c1-12(2)13(3)16-14(19)11-17-6-8-18(9-7-17)23(20,21)15-5-4-10-22-15/h4-5,10,12-13H,6-9,11H2,1-3H3,(H,16,19)/p+1/t13-/m0/s1. The fourth-order valence-electron chi connectivity index (χ4n) is 2.46. The van der Waals surface area contributed by atoms with E-state index in [4.69, 9.17) is 0 Å². The van der Waals surface area contributed by atoms with Crippen molar-refractivity contribution in [1.82, 2.24) is 9.62 Å². The van der Waals surface area contributed by atoms with Gasteiger partial charge in [0.05, 0.1) is 26.2 Å². The number of amides is 1. The molecule has 2 N–H and O–H groups in total. The van der Waals surface area contributed by atoms with Gasteiger partial charge >= 0.3 is 0 Å². The lowest BCUT2D eigenvalue weighted by Crippen LogP contribution is -3.15. The average Bonchev–Trinajstić information content (AvgIpc) is 3.02. The number of carbonyl (C=O) groups excluding carboxylic acids is 1. The summed E-state index contributed by atoms with van der Waals surface area (Å²) in [6.07, 6.45) is 0. The van der Waals surface area contributed by atoms with Crippen LogP contribution in [0.5, 0.6) is 0 Å². The van der Waals surface area contributed by atoms with Gasteiger partial charge in [0.25, 0.3) is 15.9 Å². The van der Waals surface area contributed by atoms with Gasteiger partial charge in [-0.1, -0.05) is 19.9 Å². The van der Waals surface area contributed by atoms with Gasteiger partial charge in [0.15, 0.2) is 6.54 Å². The number of piperazine rings is 1. The zero-order valence-corrected chi connectivity index (χ0v) is 15.5. The Kier molecular flexibility index (Phi) is 6.19. The van der Waals surface area contributed by atoms with Crippen LogP contribution in [0.25, 0.3) is 0 Å². The van der Waals surface area contributed by atoms with Crippen molar-refractivity contribution in [3.63, 3.8) is 0 Å². The number of nitrogens with one attached hydrogen (secondary N) is 2. The number of thiophene rings is 1. The minimum Gasteiger partial charge on any atom is -0.348 e. The number of carbonyl (C=O) groups is 1. The molecule has 1 fully saturated rings. The molecule has 130 valence electrons. The average molecular weight is 361 g/mol. The summed E-state index contributed by atoms with van der Waals surface area (Å²) in [6, 6.07) is 3.54. The number of rotatable bonds is 6. The summed E-state index contributed by atoms with van der Waals surface area (Å²) >= 11 is 1.24. The fourth-order valence-corrected chi connectivity index (χ4v) is 5.04. The van der Waals surface area contributed by atoms with Crippen LogP contribution in [0.2, 0.25) is 0 Å². The van der Waals surface area contributed by atoms with Crippen molar-refractivity contribution in [2.24, 2.45) is 5.92 Å². The molecule has 0 spiro atoms.